The molecule has 7 heteroatoms. The second kappa shape index (κ2) is 5.25. The van der Waals surface area contributed by atoms with E-state index >= 15 is 0 Å². The second-order valence-corrected chi connectivity index (χ2v) is 5.67. The lowest BCUT2D eigenvalue weighted by Gasteiger charge is -2.24. The van der Waals surface area contributed by atoms with Gasteiger partial charge in [0.05, 0.1) is 5.56 Å². The second-order valence-electron chi connectivity index (χ2n) is 4.79. The summed E-state index contributed by atoms with van der Waals surface area (Å²) < 4.78 is 0. The Bertz CT molecular complexity index is 755. The number of nitrogens with zero attached hydrogens (tertiary/aromatic N) is 1. The molecule has 1 atom stereocenters. The van der Waals surface area contributed by atoms with Gasteiger partial charge in [-0.1, -0.05) is 12.1 Å². The Balaban J connectivity index is 2.12. The van der Waals surface area contributed by atoms with Gasteiger partial charge in [-0.2, -0.15) is 4.98 Å². The van der Waals surface area contributed by atoms with E-state index < -0.39 is 0 Å². The zero-order valence-corrected chi connectivity index (χ0v) is 12.2. The van der Waals surface area contributed by atoms with Crippen molar-refractivity contribution in [2.75, 3.05) is 17.3 Å². The van der Waals surface area contributed by atoms with Crippen LogP contribution in [0.1, 0.15) is 23.5 Å². The molecule has 1 aromatic heterocycles. The minimum atomic E-state index is -0.309. The number of rotatable bonds is 2. The predicted octanol–water partition coefficient (Wildman–Crippen LogP) is 1.55. The number of H-pyrrole nitrogens is 1. The van der Waals surface area contributed by atoms with Crippen molar-refractivity contribution in [2.24, 2.45) is 0 Å². The topological polar surface area (TPSA) is 101 Å². The molecule has 1 aliphatic rings. The molecule has 1 aromatic carbocycles. The molecular formula is C14H14N4O2S. The van der Waals surface area contributed by atoms with E-state index in [1.807, 2.05) is 30.5 Å². The van der Waals surface area contributed by atoms with Gasteiger partial charge in [0.1, 0.15) is 5.82 Å². The van der Waals surface area contributed by atoms with Gasteiger partial charge >= 0.3 is 0 Å². The summed E-state index contributed by atoms with van der Waals surface area (Å²) in [5.41, 5.74) is 6.60. The Morgan fingerprint density at radius 1 is 1.29 bits per heavy atom. The third-order valence-corrected chi connectivity index (χ3v) is 4.23. The molecule has 0 spiro atoms. The van der Waals surface area contributed by atoms with Gasteiger partial charge in [0.15, 0.2) is 0 Å². The van der Waals surface area contributed by atoms with Crippen molar-refractivity contribution in [2.45, 2.75) is 17.2 Å². The van der Waals surface area contributed by atoms with Crippen molar-refractivity contribution >= 4 is 29.4 Å². The number of nitrogens with two attached hydrogens (primary N) is 1. The summed E-state index contributed by atoms with van der Waals surface area (Å²) in [7, 11) is 0. The van der Waals surface area contributed by atoms with E-state index in [0.29, 0.717) is 5.56 Å². The molecule has 6 nitrogen and oxygen atoms in total. The van der Waals surface area contributed by atoms with Gasteiger partial charge in [0.2, 0.25) is 11.9 Å². The Morgan fingerprint density at radius 2 is 2.00 bits per heavy atom. The molecule has 0 saturated heterocycles. The molecule has 108 valence electrons. The van der Waals surface area contributed by atoms with Crippen LogP contribution in [-0.2, 0) is 4.79 Å². The smallest absolute Gasteiger partial charge is 0.258 e. The number of fused-ring (bicyclic) bond motifs is 1. The first kappa shape index (κ1) is 13.7. The van der Waals surface area contributed by atoms with Crippen LogP contribution in [-0.4, -0.2) is 22.1 Å². The molecule has 3 rings (SSSR count). The Labute approximate surface area is 125 Å². The number of carbonyl (C=O) groups excluding carboxylic acids is 1. The molecule has 1 aliphatic heterocycles. The number of carbonyl (C=O) groups is 1. The molecule has 0 saturated carbocycles. The normalized spacial score (nSPS) is 17.2. The van der Waals surface area contributed by atoms with E-state index in [1.54, 1.807) is 11.8 Å². The van der Waals surface area contributed by atoms with E-state index in [9.17, 15) is 9.59 Å². The van der Waals surface area contributed by atoms with Crippen molar-refractivity contribution in [3.8, 4) is 0 Å². The van der Waals surface area contributed by atoms with Crippen LogP contribution in [0.25, 0.3) is 0 Å². The van der Waals surface area contributed by atoms with E-state index in [4.69, 9.17) is 5.73 Å². The zero-order chi connectivity index (χ0) is 15.0. The van der Waals surface area contributed by atoms with Crippen molar-refractivity contribution in [1.82, 2.24) is 9.97 Å². The predicted molar refractivity (Wildman–Crippen MR) is 82.6 cm³/mol. The lowest BCUT2D eigenvalue weighted by molar-refractivity contribution is -0.116. The molecule has 0 unspecified atom stereocenters. The summed E-state index contributed by atoms with van der Waals surface area (Å²) in [5, 5.41) is 2.61. The maximum Gasteiger partial charge on any atom is 0.258 e. The lowest BCUT2D eigenvalue weighted by Crippen LogP contribution is -2.31. The largest absolute Gasteiger partial charge is 0.369 e. The van der Waals surface area contributed by atoms with Crippen LogP contribution in [0, 0.1) is 0 Å². The summed E-state index contributed by atoms with van der Waals surface area (Å²) in [4.78, 5) is 31.7. The van der Waals surface area contributed by atoms with Crippen LogP contribution >= 0.6 is 11.8 Å². The summed E-state index contributed by atoms with van der Waals surface area (Å²) in [5.74, 6) is -0.218. The number of hydrogen-bond donors (Lipinski definition) is 3. The standard InChI is InChI=1S/C14H14N4O2S/c1-21-8-4-2-7(3-5-8)9-6-10(19)16-12-11(9)13(20)18-14(15)17-12/h2-5,9H,6H2,1H3,(H4,15,16,17,18,19,20)/t9-/m1/s1. The highest BCUT2D eigenvalue weighted by Gasteiger charge is 2.30. The highest BCUT2D eigenvalue weighted by molar-refractivity contribution is 7.98. The molecule has 4 N–H and O–H groups in total. The first-order valence-electron chi connectivity index (χ1n) is 6.42. The third-order valence-electron chi connectivity index (χ3n) is 3.49. The average molecular weight is 302 g/mol. The van der Waals surface area contributed by atoms with Crippen LogP contribution < -0.4 is 16.6 Å². The molecule has 0 radical (unpaired) electrons. The van der Waals surface area contributed by atoms with E-state index in [-0.39, 0.29) is 35.6 Å². The van der Waals surface area contributed by atoms with Gasteiger partial charge < -0.3 is 11.1 Å². The van der Waals surface area contributed by atoms with Crippen molar-refractivity contribution in [3.05, 3.63) is 45.7 Å². The third kappa shape index (κ3) is 2.52. The van der Waals surface area contributed by atoms with E-state index in [0.717, 1.165) is 10.5 Å². The number of amides is 1. The van der Waals surface area contributed by atoms with Gasteiger partial charge in [0, 0.05) is 17.2 Å². The molecule has 0 aliphatic carbocycles. The first-order valence-corrected chi connectivity index (χ1v) is 7.64. The van der Waals surface area contributed by atoms with Crippen LogP contribution in [0.4, 0.5) is 11.8 Å². The van der Waals surface area contributed by atoms with E-state index in [1.165, 1.54) is 0 Å². The molecule has 0 bridgehead atoms. The van der Waals surface area contributed by atoms with Crippen molar-refractivity contribution < 1.29 is 4.79 Å². The maximum absolute atomic E-state index is 12.2. The molecule has 21 heavy (non-hydrogen) atoms. The van der Waals surface area contributed by atoms with Gasteiger partial charge in [0.25, 0.3) is 5.56 Å². The monoisotopic (exact) mass is 302 g/mol. The lowest BCUT2D eigenvalue weighted by atomic mass is 9.87. The fourth-order valence-electron chi connectivity index (χ4n) is 2.51. The zero-order valence-electron chi connectivity index (χ0n) is 11.3. The van der Waals surface area contributed by atoms with Crippen LogP contribution in [0.15, 0.2) is 34.0 Å². The highest BCUT2D eigenvalue weighted by Crippen LogP contribution is 2.34. The maximum atomic E-state index is 12.2. The summed E-state index contributed by atoms with van der Waals surface area (Å²) in [6.45, 7) is 0. The minimum absolute atomic E-state index is 0.00238. The molecule has 0 fully saturated rings. The first-order chi connectivity index (χ1) is 10.1. The molecule has 2 aromatic rings. The van der Waals surface area contributed by atoms with Crippen molar-refractivity contribution in [1.29, 1.82) is 0 Å². The van der Waals surface area contributed by atoms with Crippen LogP contribution in [0.5, 0.6) is 0 Å². The Hall–Kier alpha value is -2.28. The average Bonchev–Trinajstić information content (AvgIpc) is 2.45. The fourth-order valence-corrected chi connectivity index (χ4v) is 2.92. The number of benzene rings is 1. The van der Waals surface area contributed by atoms with Crippen molar-refractivity contribution in [3.63, 3.8) is 0 Å². The number of aromatic amines is 1. The molecule has 2 heterocycles. The Kier molecular flexibility index (Phi) is 3.42. The fraction of sp³-hybridized carbons (Fsp3) is 0.214. The van der Waals surface area contributed by atoms with Crippen LogP contribution in [0.3, 0.4) is 0 Å². The SMILES string of the molecule is CSc1ccc([C@H]2CC(=O)Nc3nc(N)[nH]c(=O)c32)cc1. The number of aromatic nitrogens is 2. The number of thioether (sulfide) groups is 1. The Morgan fingerprint density at radius 3 is 2.67 bits per heavy atom. The van der Waals surface area contributed by atoms with Crippen LogP contribution in [0.2, 0.25) is 0 Å². The quantitative estimate of drug-likeness (QED) is 0.731. The summed E-state index contributed by atoms with van der Waals surface area (Å²) >= 11 is 1.64. The number of nitrogens with one attached hydrogen (secondary N) is 2. The number of anilines is 2. The highest BCUT2D eigenvalue weighted by atomic mass is 32.2. The van der Waals surface area contributed by atoms with Gasteiger partial charge in [-0.15, -0.1) is 11.8 Å². The van der Waals surface area contributed by atoms with Gasteiger partial charge in [-0.25, -0.2) is 0 Å². The molecule has 1 amide bonds. The number of hydrogen-bond acceptors (Lipinski definition) is 5. The minimum Gasteiger partial charge on any atom is -0.369 e. The summed E-state index contributed by atoms with van der Waals surface area (Å²) in [6.07, 6.45) is 2.22. The number of nitrogen functional groups attached to an aromatic ring is 1. The van der Waals surface area contributed by atoms with Gasteiger partial charge in [-0.05, 0) is 24.0 Å². The van der Waals surface area contributed by atoms with Gasteiger partial charge in [-0.3, -0.25) is 14.6 Å². The van der Waals surface area contributed by atoms with E-state index in [2.05, 4.69) is 15.3 Å². The molecular weight excluding hydrogens is 288 g/mol. The summed E-state index contributed by atoms with van der Waals surface area (Å²) in [6, 6.07) is 7.83.